The Labute approximate surface area is 172 Å². The molecule has 29 heavy (non-hydrogen) atoms. The quantitative estimate of drug-likeness (QED) is 0.447. The number of hydrogen-bond acceptors (Lipinski definition) is 4. The lowest BCUT2D eigenvalue weighted by Gasteiger charge is -2.13. The highest BCUT2D eigenvalue weighted by Crippen LogP contribution is 2.25. The fourth-order valence-electron chi connectivity index (χ4n) is 2.77. The van der Waals surface area contributed by atoms with Gasteiger partial charge < -0.3 is 25.4 Å². The molecule has 156 valence electrons. The average molecular weight is 399 g/mol. The van der Waals surface area contributed by atoms with Gasteiger partial charge in [0.2, 0.25) is 5.91 Å². The topological polar surface area (TPSA) is 84.0 Å². The highest BCUT2D eigenvalue weighted by molar-refractivity contribution is 5.88. The van der Waals surface area contributed by atoms with Crippen LogP contribution < -0.4 is 25.4 Å². The minimum Gasteiger partial charge on any atom is -0.497 e. The van der Waals surface area contributed by atoms with Gasteiger partial charge in [0.25, 0.3) is 0 Å². The van der Waals surface area contributed by atoms with Crippen LogP contribution in [0.5, 0.6) is 11.5 Å². The number of nitrogens with one attached hydrogen (secondary N) is 3. The lowest BCUT2D eigenvalue weighted by molar-refractivity contribution is -0.114. The molecule has 2 aromatic carbocycles. The normalized spacial score (nSPS) is 11.0. The smallest absolute Gasteiger partial charge is 0.221 e. The lowest BCUT2D eigenvalue weighted by atomic mass is 10.1. The molecule has 3 N–H and O–H groups in total. The number of methoxy groups -OCH3 is 2. The summed E-state index contributed by atoms with van der Waals surface area (Å²) in [6.07, 6.45) is 0.844. The van der Waals surface area contributed by atoms with E-state index in [1.165, 1.54) is 12.5 Å². The minimum atomic E-state index is -0.0700. The third-order valence-electron chi connectivity index (χ3n) is 4.23. The molecular formula is C22H30N4O3. The fraction of sp³-hybridized carbons (Fsp3) is 0.364. The number of carbonyl (C=O) groups is 1. The van der Waals surface area contributed by atoms with Crippen LogP contribution in [0.4, 0.5) is 5.69 Å². The largest absolute Gasteiger partial charge is 0.497 e. The summed E-state index contributed by atoms with van der Waals surface area (Å²) in [5, 5.41) is 9.38. The summed E-state index contributed by atoms with van der Waals surface area (Å²) < 4.78 is 10.7. The summed E-state index contributed by atoms with van der Waals surface area (Å²) in [6.45, 7) is 5.54. The Morgan fingerprint density at radius 1 is 1.03 bits per heavy atom. The maximum absolute atomic E-state index is 11.1. The summed E-state index contributed by atoms with van der Waals surface area (Å²) >= 11 is 0. The van der Waals surface area contributed by atoms with Gasteiger partial charge in [-0.15, -0.1) is 0 Å². The number of amides is 1. The molecule has 0 aromatic heterocycles. The molecule has 7 nitrogen and oxygen atoms in total. The molecule has 0 spiro atoms. The molecular weight excluding hydrogens is 368 g/mol. The van der Waals surface area contributed by atoms with Crippen LogP contribution in [-0.4, -0.2) is 39.2 Å². The Bertz CT molecular complexity index is 819. The van der Waals surface area contributed by atoms with Crippen LogP contribution in [0.2, 0.25) is 0 Å². The van der Waals surface area contributed by atoms with Crippen molar-refractivity contribution in [2.45, 2.75) is 26.8 Å². The third kappa shape index (κ3) is 7.37. The van der Waals surface area contributed by atoms with E-state index in [9.17, 15) is 4.79 Å². The second kappa shape index (κ2) is 11.6. The Morgan fingerprint density at radius 3 is 2.41 bits per heavy atom. The third-order valence-corrected chi connectivity index (χ3v) is 4.23. The van der Waals surface area contributed by atoms with Crippen molar-refractivity contribution in [2.24, 2.45) is 4.99 Å². The monoisotopic (exact) mass is 398 g/mol. The molecule has 0 aliphatic rings. The van der Waals surface area contributed by atoms with Crippen LogP contribution in [0.25, 0.3) is 0 Å². The predicted molar refractivity (Wildman–Crippen MR) is 117 cm³/mol. The number of guanidine groups is 1. The van der Waals surface area contributed by atoms with Crippen LogP contribution >= 0.6 is 0 Å². The molecule has 0 aliphatic heterocycles. The SMILES string of the molecule is CCNC(=NCc1ccc(OC)cc1OC)NCCc1ccc(NC(C)=O)cc1. The molecule has 7 heteroatoms. The van der Waals surface area contributed by atoms with Crippen molar-refractivity contribution >= 4 is 17.6 Å². The summed E-state index contributed by atoms with van der Waals surface area (Å²) in [5.41, 5.74) is 2.97. The van der Waals surface area contributed by atoms with Gasteiger partial charge in [-0.2, -0.15) is 0 Å². The maximum atomic E-state index is 11.1. The van der Waals surface area contributed by atoms with E-state index in [4.69, 9.17) is 9.47 Å². The molecule has 0 fully saturated rings. The first-order valence-electron chi connectivity index (χ1n) is 9.65. The van der Waals surface area contributed by atoms with E-state index in [-0.39, 0.29) is 5.91 Å². The zero-order valence-electron chi connectivity index (χ0n) is 17.5. The van der Waals surface area contributed by atoms with Crippen molar-refractivity contribution in [1.29, 1.82) is 0 Å². The van der Waals surface area contributed by atoms with E-state index in [1.54, 1.807) is 14.2 Å². The van der Waals surface area contributed by atoms with Gasteiger partial charge in [-0.3, -0.25) is 4.79 Å². The van der Waals surface area contributed by atoms with Crippen molar-refractivity contribution in [3.8, 4) is 11.5 Å². The number of rotatable bonds is 9. The van der Waals surface area contributed by atoms with Gasteiger partial charge in [0.15, 0.2) is 5.96 Å². The molecule has 0 atom stereocenters. The van der Waals surface area contributed by atoms with Crippen LogP contribution in [0.15, 0.2) is 47.5 Å². The first-order chi connectivity index (χ1) is 14.0. The molecule has 0 saturated heterocycles. The zero-order chi connectivity index (χ0) is 21.1. The van der Waals surface area contributed by atoms with Gasteiger partial charge in [-0.25, -0.2) is 4.99 Å². The summed E-state index contributed by atoms with van der Waals surface area (Å²) in [5.74, 6) is 2.19. The minimum absolute atomic E-state index is 0.0700. The average Bonchev–Trinajstić information content (AvgIpc) is 2.72. The van der Waals surface area contributed by atoms with E-state index in [2.05, 4.69) is 20.9 Å². The number of benzene rings is 2. The Balaban J connectivity index is 1.93. The van der Waals surface area contributed by atoms with Crippen molar-refractivity contribution in [1.82, 2.24) is 10.6 Å². The van der Waals surface area contributed by atoms with Gasteiger partial charge >= 0.3 is 0 Å². The second-order valence-corrected chi connectivity index (χ2v) is 6.43. The Morgan fingerprint density at radius 2 is 1.79 bits per heavy atom. The number of nitrogens with zero attached hydrogens (tertiary/aromatic N) is 1. The first-order valence-corrected chi connectivity index (χ1v) is 9.65. The summed E-state index contributed by atoms with van der Waals surface area (Å²) in [4.78, 5) is 15.7. The first kappa shape index (κ1) is 22.1. The molecule has 0 heterocycles. The Kier molecular flexibility index (Phi) is 8.82. The van der Waals surface area contributed by atoms with Crippen LogP contribution in [0, 0.1) is 0 Å². The molecule has 2 rings (SSSR count). The van der Waals surface area contributed by atoms with Crippen molar-refractivity contribution in [3.63, 3.8) is 0 Å². The molecule has 2 aromatic rings. The second-order valence-electron chi connectivity index (χ2n) is 6.43. The number of ether oxygens (including phenoxy) is 2. The van der Waals surface area contributed by atoms with Crippen LogP contribution in [-0.2, 0) is 17.8 Å². The van der Waals surface area contributed by atoms with Crippen molar-refractivity contribution < 1.29 is 14.3 Å². The van der Waals surface area contributed by atoms with Gasteiger partial charge in [-0.05, 0) is 43.2 Å². The number of hydrogen-bond donors (Lipinski definition) is 3. The van der Waals surface area contributed by atoms with E-state index in [0.717, 1.165) is 48.2 Å². The van der Waals surface area contributed by atoms with Crippen molar-refractivity contribution in [3.05, 3.63) is 53.6 Å². The molecule has 0 bridgehead atoms. The lowest BCUT2D eigenvalue weighted by Crippen LogP contribution is -2.38. The highest BCUT2D eigenvalue weighted by Gasteiger charge is 2.05. The fourth-order valence-corrected chi connectivity index (χ4v) is 2.77. The van der Waals surface area contributed by atoms with E-state index in [1.807, 2.05) is 49.4 Å². The van der Waals surface area contributed by atoms with E-state index in [0.29, 0.717) is 6.54 Å². The van der Waals surface area contributed by atoms with Crippen molar-refractivity contribution in [2.75, 3.05) is 32.6 Å². The van der Waals surface area contributed by atoms with E-state index < -0.39 is 0 Å². The number of carbonyl (C=O) groups excluding carboxylic acids is 1. The molecule has 0 radical (unpaired) electrons. The van der Waals surface area contributed by atoms with Gasteiger partial charge in [0.1, 0.15) is 11.5 Å². The molecule has 0 aliphatic carbocycles. The zero-order valence-corrected chi connectivity index (χ0v) is 17.5. The van der Waals surface area contributed by atoms with E-state index >= 15 is 0 Å². The summed E-state index contributed by atoms with van der Waals surface area (Å²) in [6, 6.07) is 13.6. The number of aliphatic imine (C=N–C) groups is 1. The Hall–Kier alpha value is -3.22. The maximum Gasteiger partial charge on any atom is 0.221 e. The highest BCUT2D eigenvalue weighted by atomic mass is 16.5. The van der Waals surface area contributed by atoms with Gasteiger partial charge in [0, 0.05) is 37.3 Å². The van der Waals surface area contributed by atoms with Gasteiger partial charge in [0.05, 0.1) is 20.8 Å². The number of anilines is 1. The molecule has 0 saturated carbocycles. The predicted octanol–water partition coefficient (Wildman–Crippen LogP) is 2.96. The standard InChI is InChI=1S/C22H30N4O3/c1-5-23-22(25-15-18-8-11-20(28-3)14-21(18)29-4)24-13-12-17-6-9-19(10-7-17)26-16(2)27/h6-11,14H,5,12-13,15H2,1-4H3,(H,26,27)(H2,23,24,25). The van der Waals surface area contributed by atoms with Crippen LogP contribution in [0.1, 0.15) is 25.0 Å². The molecule has 0 unspecified atom stereocenters. The molecule has 1 amide bonds. The van der Waals surface area contributed by atoms with Gasteiger partial charge in [-0.1, -0.05) is 12.1 Å². The summed E-state index contributed by atoms with van der Waals surface area (Å²) in [7, 11) is 3.27. The van der Waals surface area contributed by atoms with Crippen LogP contribution in [0.3, 0.4) is 0 Å².